The van der Waals surface area contributed by atoms with Crippen molar-refractivity contribution in [3.63, 3.8) is 0 Å². The Morgan fingerprint density at radius 2 is 2.00 bits per heavy atom. The summed E-state index contributed by atoms with van der Waals surface area (Å²) in [5, 5.41) is 8.25. The highest BCUT2D eigenvalue weighted by atomic mass is 35.5. The highest BCUT2D eigenvalue weighted by Gasteiger charge is 2.12. The van der Waals surface area contributed by atoms with E-state index in [-0.39, 0.29) is 24.6 Å². The molecule has 7 nitrogen and oxygen atoms in total. The van der Waals surface area contributed by atoms with Crippen molar-refractivity contribution in [3.05, 3.63) is 81.2 Å². The van der Waals surface area contributed by atoms with E-state index in [4.69, 9.17) is 16.3 Å². The molecular weight excluding hydrogens is 424 g/mol. The number of ether oxygens (including phenoxy) is 1. The fourth-order valence-corrected chi connectivity index (χ4v) is 3.82. The monoisotopic (exact) mass is 440 g/mol. The van der Waals surface area contributed by atoms with Gasteiger partial charge in [0.15, 0.2) is 6.61 Å². The molecule has 0 aliphatic heterocycles. The van der Waals surface area contributed by atoms with Crippen LogP contribution in [0, 0.1) is 6.92 Å². The first-order valence-electron chi connectivity index (χ1n) is 9.10. The van der Waals surface area contributed by atoms with Crippen molar-refractivity contribution in [1.82, 2.24) is 19.9 Å². The molecule has 2 aromatic carbocycles. The number of benzene rings is 2. The number of nitrogens with zero attached hydrogens (tertiary/aromatic N) is 3. The molecule has 1 amide bonds. The summed E-state index contributed by atoms with van der Waals surface area (Å²) in [6.07, 6.45) is 0. The molecule has 0 radical (unpaired) electrons. The molecule has 152 valence electrons. The van der Waals surface area contributed by atoms with E-state index in [2.05, 4.69) is 15.4 Å². The van der Waals surface area contributed by atoms with Crippen LogP contribution in [0.3, 0.4) is 0 Å². The summed E-state index contributed by atoms with van der Waals surface area (Å²) in [6.45, 7) is 1.97. The third-order valence-corrected chi connectivity index (χ3v) is 5.42. The molecule has 0 saturated heterocycles. The molecule has 0 aliphatic carbocycles. The predicted molar refractivity (Wildman–Crippen MR) is 116 cm³/mol. The zero-order valence-corrected chi connectivity index (χ0v) is 17.5. The normalized spacial score (nSPS) is 10.9. The third kappa shape index (κ3) is 4.67. The number of fused-ring (bicyclic) bond motifs is 1. The fourth-order valence-electron chi connectivity index (χ4n) is 2.71. The van der Waals surface area contributed by atoms with Gasteiger partial charge in [-0.25, -0.2) is 4.98 Å². The highest BCUT2D eigenvalue weighted by molar-refractivity contribution is 7.19. The summed E-state index contributed by atoms with van der Waals surface area (Å²) in [6, 6.07) is 16.0. The Hall–Kier alpha value is -3.23. The van der Waals surface area contributed by atoms with Gasteiger partial charge in [-0.2, -0.15) is 9.61 Å². The molecule has 0 saturated carbocycles. The van der Waals surface area contributed by atoms with Gasteiger partial charge >= 0.3 is 0 Å². The SMILES string of the molecule is Cc1ccc(OCC(=O)NCc2cc(=O)n3nc(-c4cccc(Cl)c4)sc3n2)cc1. The van der Waals surface area contributed by atoms with Gasteiger partial charge in [0.2, 0.25) is 4.96 Å². The number of aromatic nitrogens is 3. The van der Waals surface area contributed by atoms with Gasteiger partial charge in [0.05, 0.1) is 12.2 Å². The molecule has 0 unspecified atom stereocenters. The minimum Gasteiger partial charge on any atom is -0.484 e. The summed E-state index contributed by atoms with van der Waals surface area (Å²) in [5.74, 6) is 0.313. The second-order valence-corrected chi connectivity index (χ2v) is 7.97. The van der Waals surface area contributed by atoms with E-state index in [0.29, 0.717) is 26.4 Å². The molecule has 30 heavy (non-hydrogen) atoms. The van der Waals surface area contributed by atoms with Crippen LogP contribution in [0.5, 0.6) is 5.75 Å². The molecular formula is C21H17ClN4O3S. The minimum atomic E-state index is -0.315. The van der Waals surface area contributed by atoms with Gasteiger partial charge in [-0.3, -0.25) is 9.59 Å². The van der Waals surface area contributed by atoms with Crippen LogP contribution in [-0.2, 0) is 11.3 Å². The van der Waals surface area contributed by atoms with Crippen LogP contribution in [0.2, 0.25) is 5.02 Å². The lowest BCUT2D eigenvalue weighted by atomic mass is 10.2. The van der Waals surface area contributed by atoms with Gasteiger partial charge in [0, 0.05) is 16.7 Å². The van der Waals surface area contributed by atoms with Gasteiger partial charge in [0.1, 0.15) is 10.8 Å². The van der Waals surface area contributed by atoms with Crippen molar-refractivity contribution < 1.29 is 9.53 Å². The van der Waals surface area contributed by atoms with Crippen LogP contribution in [0.25, 0.3) is 15.5 Å². The summed E-state index contributed by atoms with van der Waals surface area (Å²) in [7, 11) is 0. The number of carbonyl (C=O) groups excluding carboxylic acids is 1. The summed E-state index contributed by atoms with van der Waals surface area (Å²) < 4.78 is 6.69. The Morgan fingerprint density at radius 3 is 2.77 bits per heavy atom. The maximum atomic E-state index is 12.4. The van der Waals surface area contributed by atoms with Gasteiger partial charge in [-0.05, 0) is 31.2 Å². The molecule has 9 heteroatoms. The Bertz CT molecular complexity index is 1270. The van der Waals surface area contributed by atoms with Crippen molar-refractivity contribution >= 4 is 33.8 Å². The van der Waals surface area contributed by atoms with Crippen molar-refractivity contribution in [2.75, 3.05) is 6.61 Å². The summed E-state index contributed by atoms with van der Waals surface area (Å²) in [4.78, 5) is 29.3. The summed E-state index contributed by atoms with van der Waals surface area (Å²) in [5.41, 5.74) is 2.05. The van der Waals surface area contributed by atoms with E-state index in [1.54, 1.807) is 24.3 Å². The van der Waals surface area contributed by atoms with E-state index in [1.165, 1.54) is 21.9 Å². The molecule has 2 heterocycles. The third-order valence-electron chi connectivity index (χ3n) is 4.23. The Labute approximate surface area is 180 Å². The minimum absolute atomic E-state index is 0.117. The molecule has 2 aromatic heterocycles. The molecule has 1 N–H and O–H groups in total. The molecule has 0 atom stereocenters. The Balaban J connectivity index is 1.43. The second-order valence-electron chi connectivity index (χ2n) is 6.58. The molecule has 4 rings (SSSR count). The topological polar surface area (TPSA) is 85.6 Å². The number of carbonyl (C=O) groups is 1. The van der Waals surface area contributed by atoms with Crippen molar-refractivity contribution in [2.45, 2.75) is 13.5 Å². The van der Waals surface area contributed by atoms with Gasteiger partial charge < -0.3 is 10.1 Å². The Kier molecular flexibility index (Phi) is 5.78. The van der Waals surface area contributed by atoms with Crippen LogP contribution < -0.4 is 15.6 Å². The van der Waals surface area contributed by atoms with Crippen molar-refractivity contribution in [2.24, 2.45) is 0 Å². The van der Waals surface area contributed by atoms with E-state index in [9.17, 15) is 9.59 Å². The van der Waals surface area contributed by atoms with Gasteiger partial charge in [0.25, 0.3) is 11.5 Å². The average Bonchev–Trinajstić information content (AvgIpc) is 3.17. The Morgan fingerprint density at radius 1 is 1.20 bits per heavy atom. The number of halogens is 1. The predicted octanol–water partition coefficient (Wildman–Crippen LogP) is 3.48. The smallest absolute Gasteiger partial charge is 0.275 e. The quantitative estimate of drug-likeness (QED) is 0.496. The first-order chi connectivity index (χ1) is 14.5. The largest absolute Gasteiger partial charge is 0.484 e. The van der Waals surface area contributed by atoms with Crippen LogP contribution >= 0.6 is 22.9 Å². The fraction of sp³-hybridized carbons (Fsp3) is 0.143. The first-order valence-corrected chi connectivity index (χ1v) is 10.3. The standard InChI is InChI=1S/C21H17ClN4O3S/c1-13-5-7-17(8-6-13)29-12-18(27)23-11-16-10-19(28)26-21(24-16)30-20(25-26)14-3-2-4-15(22)9-14/h2-10H,11-12H2,1H3,(H,23,27). The van der Waals surface area contributed by atoms with Crippen LogP contribution in [0.15, 0.2) is 59.4 Å². The molecule has 4 aromatic rings. The lowest BCUT2D eigenvalue weighted by molar-refractivity contribution is -0.123. The van der Waals surface area contributed by atoms with Gasteiger partial charge in [-0.1, -0.05) is 52.8 Å². The molecule has 0 aliphatic rings. The van der Waals surface area contributed by atoms with Gasteiger partial charge in [-0.15, -0.1) is 0 Å². The van der Waals surface area contributed by atoms with Crippen molar-refractivity contribution in [3.8, 4) is 16.3 Å². The zero-order chi connectivity index (χ0) is 21.1. The van der Waals surface area contributed by atoms with E-state index >= 15 is 0 Å². The molecule has 0 spiro atoms. The number of hydrogen-bond acceptors (Lipinski definition) is 6. The number of rotatable bonds is 6. The number of amides is 1. The summed E-state index contributed by atoms with van der Waals surface area (Å²) >= 11 is 7.31. The number of hydrogen-bond donors (Lipinski definition) is 1. The maximum Gasteiger partial charge on any atom is 0.275 e. The van der Waals surface area contributed by atoms with Crippen molar-refractivity contribution in [1.29, 1.82) is 0 Å². The lowest BCUT2D eigenvalue weighted by Crippen LogP contribution is -2.29. The van der Waals surface area contributed by atoms with E-state index < -0.39 is 0 Å². The van der Waals surface area contributed by atoms with Crippen LogP contribution in [0.1, 0.15) is 11.3 Å². The number of nitrogens with one attached hydrogen (secondary N) is 1. The number of aryl methyl sites for hydroxylation is 1. The highest BCUT2D eigenvalue weighted by Crippen LogP contribution is 2.26. The second kappa shape index (κ2) is 8.64. The lowest BCUT2D eigenvalue weighted by Gasteiger charge is -2.07. The average molecular weight is 441 g/mol. The van der Waals surface area contributed by atoms with Crippen LogP contribution in [-0.4, -0.2) is 27.1 Å². The maximum absolute atomic E-state index is 12.4. The molecule has 0 bridgehead atoms. The zero-order valence-electron chi connectivity index (χ0n) is 16.0. The van der Waals surface area contributed by atoms with E-state index in [0.717, 1.165) is 11.1 Å². The van der Waals surface area contributed by atoms with Crippen LogP contribution in [0.4, 0.5) is 0 Å². The first kappa shape index (κ1) is 20.1. The van der Waals surface area contributed by atoms with E-state index in [1.807, 2.05) is 31.2 Å². The molecule has 0 fully saturated rings.